The molecular weight excluding hydrogens is 214 g/mol. The molecule has 2 rings (SSSR count). The van der Waals surface area contributed by atoms with Gasteiger partial charge in [0, 0.05) is 23.6 Å². The molecule has 0 bridgehead atoms. The molecule has 0 aliphatic heterocycles. The van der Waals surface area contributed by atoms with Crippen LogP contribution in [-0.2, 0) is 16.1 Å². The van der Waals surface area contributed by atoms with Crippen LogP contribution in [0.1, 0.15) is 18.9 Å². The van der Waals surface area contributed by atoms with Crippen molar-refractivity contribution >= 4 is 16.9 Å². The van der Waals surface area contributed by atoms with Gasteiger partial charge in [-0.3, -0.25) is 4.79 Å². The lowest BCUT2D eigenvalue weighted by Crippen LogP contribution is -2.08. The van der Waals surface area contributed by atoms with E-state index in [1.165, 1.54) is 16.5 Å². The molecule has 0 aliphatic rings. The average Bonchev–Trinajstić information content (AvgIpc) is 2.72. The van der Waals surface area contributed by atoms with Crippen molar-refractivity contribution < 1.29 is 9.53 Å². The molecule has 0 saturated heterocycles. The lowest BCUT2D eigenvalue weighted by molar-refractivity contribution is -0.143. The molecule has 0 N–H and O–H groups in total. The van der Waals surface area contributed by atoms with Gasteiger partial charge in [0.1, 0.15) is 0 Å². The zero-order chi connectivity index (χ0) is 12.3. The van der Waals surface area contributed by atoms with Crippen LogP contribution in [0.25, 0.3) is 10.9 Å². The van der Waals surface area contributed by atoms with Crippen molar-refractivity contribution in [1.82, 2.24) is 4.57 Å². The fourth-order valence-corrected chi connectivity index (χ4v) is 2.02. The first-order valence-electron chi connectivity index (χ1n) is 5.92. The summed E-state index contributed by atoms with van der Waals surface area (Å²) < 4.78 is 7.02. The molecule has 1 aromatic carbocycles. The van der Waals surface area contributed by atoms with E-state index in [2.05, 4.69) is 29.7 Å². The molecule has 3 nitrogen and oxygen atoms in total. The molecule has 0 unspecified atom stereocenters. The topological polar surface area (TPSA) is 31.2 Å². The number of aromatic nitrogens is 1. The van der Waals surface area contributed by atoms with Crippen LogP contribution in [0.15, 0.2) is 30.5 Å². The number of fused-ring (bicyclic) bond motifs is 1. The van der Waals surface area contributed by atoms with Crippen molar-refractivity contribution in [2.45, 2.75) is 26.8 Å². The van der Waals surface area contributed by atoms with E-state index in [4.69, 9.17) is 4.74 Å². The van der Waals surface area contributed by atoms with Crippen LogP contribution >= 0.6 is 0 Å². The Balaban J connectivity index is 2.14. The zero-order valence-electron chi connectivity index (χ0n) is 10.3. The van der Waals surface area contributed by atoms with E-state index in [9.17, 15) is 4.79 Å². The number of nitrogens with zero attached hydrogens (tertiary/aromatic N) is 1. The van der Waals surface area contributed by atoms with E-state index in [0.717, 1.165) is 0 Å². The number of benzene rings is 1. The molecule has 2 aromatic rings. The Morgan fingerprint density at radius 2 is 2.18 bits per heavy atom. The fourth-order valence-electron chi connectivity index (χ4n) is 2.02. The van der Waals surface area contributed by atoms with E-state index >= 15 is 0 Å². The Morgan fingerprint density at radius 3 is 2.94 bits per heavy atom. The van der Waals surface area contributed by atoms with Crippen LogP contribution in [0.2, 0.25) is 0 Å². The Bertz CT molecular complexity index is 528. The monoisotopic (exact) mass is 231 g/mol. The molecule has 0 amide bonds. The molecule has 0 fully saturated rings. The zero-order valence-corrected chi connectivity index (χ0v) is 10.3. The molecule has 0 atom stereocenters. The molecule has 17 heavy (non-hydrogen) atoms. The summed E-state index contributed by atoms with van der Waals surface area (Å²) in [6, 6.07) is 8.31. The molecule has 0 spiro atoms. The molecule has 0 radical (unpaired) electrons. The summed E-state index contributed by atoms with van der Waals surface area (Å²) in [6.07, 6.45) is 2.45. The van der Waals surface area contributed by atoms with E-state index in [0.29, 0.717) is 19.6 Å². The maximum absolute atomic E-state index is 11.3. The van der Waals surface area contributed by atoms with Gasteiger partial charge in [0.2, 0.25) is 0 Å². The van der Waals surface area contributed by atoms with Gasteiger partial charge in [-0.05, 0) is 31.5 Å². The third-order valence-corrected chi connectivity index (χ3v) is 2.89. The van der Waals surface area contributed by atoms with Gasteiger partial charge in [-0.25, -0.2) is 0 Å². The van der Waals surface area contributed by atoms with E-state index in [1.54, 1.807) is 0 Å². The lowest BCUT2D eigenvalue weighted by atomic mass is 10.1. The van der Waals surface area contributed by atoms with Crippen LogP contribution in [-0.4, -0.2) is 17.1 Å². The molecule has 0 aliphatic carbocycles. The minimum absolute atomic E-state index is 0.137. The van der Waals surface area contributed by atoms with Crippen molar-refractivity contribution in [2.75, 3.05) is 6.61 Å². The SMILES string of the molecule is CCOC(=O)CCn1ccc2c(C)cccc21. The Kier molecular flexibility index (Phi) is 3.47. The summed E-state index contributed by atoms with van der Waals surface area (Å²) in [6.45, 7) is 5.04. The molecule has 0 saturated carbocycles. The minimum atomic E-state index is -0.137. The van der Waals surface area contributed by atoms with Gasteiger partial charge in [-0.1, -0.05) is 12.1 Å². The molecule has 3 heteroatoms. The highest BCUT2D eigenvalue weighted by atomic mass is 16.5. The summed E-state index contributed by atoms with van der Waals surface area (Å²) in [4.78, 5) is 11.3. The summed E-state index contributed by atoms with van der Waals surface area (Å²) in [7, 11) is 0. The number of esters is 1. The van der Waals surface area contributed by atoms with Gasteiger partial charge in [0.15, 0.2) is 0 Å². The lowest BCUT2D eigenvalue weighted by Gasteiger charge is -2.05. The number of carbonyl (C=O) groups is 1. The van der Waals surface area contributed by atoms with Crippen molar-refractivity contribution in [3.8, 4) is 0 Å². The second kappa shape index (κ2) is 5.04. The quantitative estimate of drug-likeness (QED) is 0.758. The van der Waals surface area contributed by atoms with Crippen molar-refractivity contribution in [3.63, 3.8) is 0 Å². The van der Waals surface area contributed by atoms with Crippen LogP contribution in [0, 0.1) is 6.92 Å². The predicted octanol–water partition coefficient (Wildman–Crippen LogP) is 2.90. The molecule has 1 aromatic heterocycles. The van der Waals surface area contributed by atoms with Gasteiger partial charge in [-0.2, -0.15) is 0 Å². The maximum atomic E-state index is 11.3. The van der Waals surface area contributed by atoms with Crippen LogP contribution in [0.5, 0.6) is 0 Å². The van der Waals surface area contributed by atoms with Crippen molar-refractivity contribution in [3.05, 3.63) is 36.0 Å². The number of aryl methyl sites for hydroxylation is 2. The van der Waals surface area contributed by atoms with Gasteiger partial charge >= 0.3 is 5.97 Å². The molecule has 90 valence electrons. The standard InChI is InChI=1S/C14H17NO2/c1-3-17-14(16)8-10-15-9-7-12-11(2)5-4-6-13(12)15/h4-7,9H,3,8,10H2,1-2H3. The number of hydrogen-bond donors (Lipinski definition) is 0. The average molecular weight is 231 g/mol. The smallest absolute Gasteiger partial charge is 0.307 e. The van der Waals surface area contributed by atoms with Crippen molar-refractivity contribution in [1.29, 1.82) is 0 Å². The van der Waals surface area contributed by atoms with E-state index < -0.39 is 0 Å². The minimum Gasteiger partial charge on any atom is -0.466 e. The van der Waals surface area contributed by atoms with Gasteiger partial charge in [0.05, 0.1) is 13.0 Å². The summed E-state index contributed by atoms with van der Waals surface area (Å²) in [5.74, 6) is -0.137. The normalized spacial score (nSPS) is 10.7. The Labute approximate surface area is 101 Å². The number of hydrogen-bond acceptors (Lipinski definition) is 2. The summed E-state index contributed by atoms with van der Waals surface area (Å²) in [5, 5.41) is 1.25. The number of ether oxygens (including phenoxy) is 1. The molecule has 1 heterocycles. The number of rotatable bonds is 4. The first-order valence-corrected chi connectivity index (χ1v) is 5.92. The molecular formula is C14H17NO2. The van der Waals surface area contributed by atoms with Gasteiger partial charge < -0.3 is 9.30 Å². The highest BCUT2D eigenvalue weighted by Gasteiger charge is 2.05. The second-order valence-corrected chi connectivity index (χ2v) is 4.07. The third kappa shape index (κ3) is 2.49. The Morgan fingerprint density at radius 1 is 1.35 bits per heavy atom. The van der Waals surface area contributed by atoms with E-state index in [-0.39, 0.29) is 5.97 Å². The third-order valence-electron chi connectivity index (χ3n) is 2.89. The van der Waals surface area contributed by atoms with E-state index in [1.807, 2.05) is 19.2 Å². The highest BCUT2D eigenvalue weighted by molar-refractivity contribution is 5.83. The van der Waals surface area contributed by atoms with Crippen LogP contribution in [0.3, 0.4) is 0 Å². The van der Waals surface area contributed by atoms with Crippen molar-refractivity contribution in [2.24, 2.45) is 0 Å². The fraction of sp³-hybridized carbons (Fsp3) is 0.357. The maximum Gasteiger partial charge on any atom is 0.307 e. The second-order valence-electron chi connectivity index (χ2n) is 4.07. The predicted molar refractivity (Wildman–Crippen MR) is 67.9 cm³/mol. The van der Waals surface area contributed by atoms with Crippen LogP contribution < -0.4 is 0 Å². The summed E-state index contributed by atoms with van der Waals surface area (Å²) >= 11 is 0. The number of carbonyl (C=O) groups excluding carboxylic acids is 1. The summed E-state index contributed by atoms with van der Waals surface area (Å²) in [5.41, 5.74) is 2.44. The van der Waals surface area contributed by atoms with Gasteiger partial charge in [-0.15, -0.1) is 0 Å². The highest BCUT2D eigenvalue weighted by Crippen LogP contribution is 2.19. The Hall–Kier alpha value is -1.77. The van der Waals surface area contributed by atoms with Crippen LogP contribution in [0.4, 0.5) is 0 Å². The largest absolute Gasteiger partial charge is 0.466 e. The first-order chi connectivity index (χ1) is 8.22. The van der Waals surface area contributed by atoms with Gasteiger partial charge in [0.25, 0.3) is 0 Å². The first kappa shape index (κ1) is 11.7.